The molecule has 0 aliphatic rings. The maximum Gasteiger partial charge on any atom is 0.255 e. The van der Waals surface area contributed by atoms with Crippen molar-refractivity contribution in [1.82, 2.24) is 4.98 Å². The lowest BCUT2D eigenvalue weighted by molar-refractivity contribution is 0.102. The molecular formula is C19H17ClN2O4. The molecule has 1 amide bonds. The summed E-state index contributed by atoms with van der Waals surface area (Å²) < 4.78 is 15.9. The van der Waals surface area contributed by atoms with Crippen LogP contribution in [0.4, 0.5) is 5.69 Å². The van der Waals surface area contributed by atoms with Gasteiger partial charge >= 0.3 is 0 Å². The number of carbonyl (C=O) groups excluding carboxylic acids is 1. The maximum atomic E-state index is 12.8. The van der Waals surface area contributed by atoms with Gasteiger partial charge in [0.15, 0.2) is 11.5 Å². The summed E-state index contributed by atoms with van der Waals surface area (Å²) in [7, 11) is 4.50. The lowest BCUT2D eigenvalue weighted by atomic mass is 10.1. The van der Waals surface area contributed by atoms with Gasteiger partial charge in [0.1, 0.15) is 0 Å². The zero-order valence-corrected chi connectivity index (χ0v) is 15.3. The predicted molar refractivity (Wildman–Crippen MR) is 101 cm³/mol. The van der Waals surface area contributed by atoms with Crippen molar-refractivity contribution >= 4 is 34.1 Å². The van der Waals surface area contributed by atoms with Crippen LogP contribution in [0.5, 0.6) is 17.2 Å². The Hall–Kier alpha value is -2.99. The minimum absolute atomic E-state index is 0.322. The van der Waals surface area contributed by atoms with Crippen LogP contribution in [0.3, 0.4) is 0 Å². The Bertz CT molecular complexity index is 950. The molecule has 0 radical (unpaired) electrons. The van der Waals surface area contributed by atoms with E-state index in [1.165, 1.54) is 21.3 Å². The Morgan fingerprint density at radius 2 is 1.73 bits per heavy atom. The topological polar surface area (TPSA) is 69.7 Å². The number of amides is 1. The summed E-state index contributed by atoms with van der Waals surface area (Å²) in [5, 5.41) is 4.15. The van der Waals surface area contributed by atoms with E-state index >= 15 is 0 Å². The molecule has 0 saturated carbocycles. The van der Waals surface area contributed by atoms with Gasteiger partial charge in [0, 0.05) is 17.1 Å². The van der Waals surface area contributed by atoms with Crippen LogP contribution < -0.4 is 19.5 Å². The molecule has 0 atom stereocenters. The number of rotatable bonds is 5. The Labute approximate surface area is 155 Å². The molecule has 0 saturated heterocycles. The smallest absolute Gasteiger partial charge is 0.255 e. The Morgan fingerprint density at radius 1 is 1.04 bits per heavy atom. The highest BCUT2D eigenvalue weighted by Crippen LogP contribution is 2.38. The van der Waals surface area contributed by atoms with Crippen LogP contribution in [0, 0.1) is 0 Å². The Morgan fingerprint density at radius 3 is 2.35 bits per heavy atom. The number of para-hydroxylation sites is 1. The number of hydrogen-bond acceptors (Lipinski definition) is 5. The Kier molecular flexibility index (Phi) is 5.14. The molecule has 0 bridgehead atoms. The highest BCUT2D eigenvalue weighted by Gasteiger charge is 2.18. The number of benzene rings is 2. The molecule has 3 aromatic rings. The molecule has 0 fully saturated rings. The molecule has 0 spiro atoms. The van der Waals surface area contributed by atoms with Gasteiger partial charge in [-0.2, -0.15) is 0 Å². The molecule has 3 rings (SSSR count). The molecule has 7 heteroatoms. The van der Waals surface area contributed by atoms with Crippen LogP contribution in [0.15, 0.2) is 42.6 Å². The number of aromatic nitrogens is 1. The molecule has 2 aromatic carbocycles. The molecule has 1 aromatic heterocycles. The fraction of sp³-hybridized carbons (Fsp3) is 0.158. The normalized spacial score (nSPS) is 10.5. The summed E-state index contributed by atoms with van der Waals surface area (Å²) in [6.45, 7) is 0. The monoisotopic (exact) mass is 372 g/mol. The van der Waals surface area contributed by atoms with Crippen LogP contribution in [0.1, 0.15) is 10.4 Å². The van der Waals surface area contributed by atoms with Crippen LogP contribution in [-0.4, -0.2) is 32.2 Å². The molecule has 0 aliphatic carbocycles. The van der Waals surface area contributed by atoms with Gasteiger partial charge in [-0.15, -0.1) is 0 Å². The minimum atomic E-state index is -0.322. The summed E-state index contributed by atoms with van der Waals surface area (Å²) in [6.07, 6.45) is 1.60. The molecule has 1 N–H and O–H groups in total. The molecule has 0 aliphatic heterocycles. The zero-order chi connectivity index (χ0) is 18.7. The quantitative estimate of drug-likeness (QED) is 0.728. The van der Waals surface area contributed by atoms with Gasteiger partial charge in [-0.25, -0.2) is 0 Å². The van der Waals surface area contributed by atoms with E-state index in [0.29, 0.717) is 39.0 Å². The fourth-order valence-electron chi connectivity index (χ4n) is 2.66. The SMILES string of the molecule is COc1cc(C(=O)Nc2ccnc3c(Cl)cccc23)cc(OC)c1OC. The number of nitrogens with one attached hydrogen (secondary N) is 1. The first kappa shape index (κ1) is 17.8. The second-order valence-corrected chi connectivity index (χ2v) is 5.77. The van der Waals surface area contributed by atoms with Gasteiger partial charge in [-0.05, 0) is 24.3 Å². The van der Waals surface area contributed by atoms with Gasteiger partial charge in [0.2, 0.25) is 5.75 Å². The third-order valence-electron chi connectivity index (χ3n) is 3.90. The lowest BCUT2D eigenvalue weighted by Gasteiger charge is -2.14. The number of pyridine rings is 1. The van der Waals surface area contributed by atoms with Crippen molar-refractivity contribution in [3.8, 4) is 17.2 Å². The standard InChI is InChI=1S/C19H17ClN2O4/c1-24-15-9-11(10-16(25-2)18(15)26-3)19(23)22-14-7-8-21-17-12(14)5-4-6-13(17)20/h4-10H,1-3H3,(H,21,22,23). The lowest BCUT2D eigenvalue weighted by Crippen LogP contribution is -2.13. The first-order chi connectivity index (χ1) is 12.6. The van der Waals surface area contributed by atoms with E-state index in [1.54, 1.807) is 36.5 Å². The van der Waals surface area contributed by atoms with Crippen molar-refractivity contribution in [2.75, 3.05) is 26.6 Å². The Balaban J connectivity index is 2.00. The van der Waals surface area contributed by atoms with E-state index in [4.69, 9.17) is 25.8 Å². The number of methoxy groups -OCH3 is 3. The average molecular weight is 373 g/mol. The first-order valence-electron chi connectivity index (χ1n) is 7.73. The van der Waals surface area contributed by atoms with Crippen LogP contribution in [0.25, 0.3) is 10.9 Å². The molecule has 134 valence electrons. The summed E-state index contributed by atoms with van der Waals surface area (Å²) >= 11 is 6.17. The van der Waals surface area contributed by atoms with E-state index in [1.807, 2.05) is 6.07 Å². The predicted octanol–water partition coefficient (Wildman–Crippen LogP) is 4.17. The van der Waals surface area contributed by atoms with Crippen LogP contribution in [0.2, 0.25) is 5.02 Å². The molecule has 6 nitrogen and oxygen atoms in total. The minimum Gasteiger partial charge on any atom is -0.493 e. The van der Waals surface area contributed by atoms with Crippen molar-refractivity contribution in [3.63, 3.8) is 0 Å². The molecule has 0 unspecified atom stereocenters. The maximum absolute atomic E-state index is 12.8. The summed E-state index contributed by atoms with van der Waals surface area (Å²) in [5.41, 5.74) is 1.60. The van der Waals surface area contributed by atoms with E-state index in [0.717, 1.165) is 5.39 Å². The van der Waals surface area contributed by atoms with E-state index < -0.39 is 0 Å². The largest absolute Gasteiger partial charge is 0.493 e. The van der Waals surface area contributed by atoms with Crippen LogP contribution >= 0.6 is 11.6 Å². The van der Waals surface area contributed by atoms with E-state index in [-0.39, 0.29) is 5.91 Å². The third-order valence-corrected chi connectivity index (χ3v) is 4.20. The fourth-order valence-corrected chi connectivity index (χ4v) is 2.88. The van der Waals surface area contributed by atoms with Gasteiger partial charge in [0.25, 0.3) is 5.91 Å². The number of ether oxygens (including phenoxy) is 3. The second kappa shape index (κ2) is 7.49. The van der Waals surface area contributed by atoms with Crippen molar-refractivity contribution < 1.29 is 19.0 Å². The highest BCUT2D eigenvalue weighted by molar-refractivity contribution is 6.35. The third kappa shape index (κ3) is 3.23. The number of halogens is 1. The first-order valence-corrected chi connectivity index (χ1v) is 8.11. The number of anilines is 1. The molecule has 26 heavy (non-hydrogen) atoms. The van der Waals surface area contributed by atoms with Gasteiger partial charge < -0.3 is 19.5 Å². The van der Waals surface area contributed by atoms with Gasteiger partial charge in [-0.1, -0.05) is 23.7 Å². The average Bonchev–Trinajstić information content (AvgIpc) is 2.67. The van der Waals surface area contributed by atoms with Crippen molar-refractivity contribution in [1.29, 1.82) is 0 Å². The number of fused-ring (bicyclic) bond motifs is 1. The number of nitrogens with zero attached hydrogens (tertiary/aromatic N) is 1. The van der Waals surface area contributed by atoms with Gasteiger partial charge in [0.05, 0.1) is 37.6 Å². The van der Waals surface area contributed by atoms with Crippen molar-refractivity contribution in [3.05, 3.63) is 53.2 Å². The van der Waals surface area contributed by atoms with Crippen molar-refractivity contribution in [2.24, 2.45) is 0 Å². The van der Waals surface area contributed by atoms with E-state index in [9.17, 15) is 4.79 Å². The van der Waals surface area contributed by atoms with Crippen molar-refractivity contribution in [2.45, 2.75) is 0 Å². The molecular weight excluding hydrogens is 356 g/mol. The summed E-state index contributed by atoms with van der Waals surface area (Å²) in [4.78, 5) is 17.0. The number of hydrogen-bond donors (Lipinski definition) is 1. The van der Waals surface area contributed by atoms with E-state index in [2.05, 4.69) is 10.3 Å². The number of carbonyl (C=O) groups is 1. The zero-order valence-electron chi connectivity index (χ0n) is 14.5. The highest BCUT2D eigenvalue weighted by atomic mass is 35.5. The summed E-state index contributed by atoms with van der Waals surface area (Å²) in [6, 6.07) is 10.3. The summed E-state index contributed by atoms with van der Waals surface area (Å²) in [5.74, 6) is 0.906. The second-order valence-electron chi connectivity index (χ2n) is 5.36. The van der Waals surface area contributed by atoms with Crippen LogP contribution in [-0.2, 0) is 0 Å². The molecule has 1 heterocycles. The van der Waals surface area contributed by atoms with Gasteiger partial charge in [-0.3, -0.25) is 9.78 Å².